The van der Waals surface area contributed by atoms with Gasteiger partial charge in [0.15, 0.2) is 0 Å². The zero-order valence-corrected chi connectivity index (χ0v) is 15.3. The largest absolute Gasteiger partial charge is 0.378 e. The average molecular weight is 383 g/mol. The van der Waals surface area contributed by atoms with Gasteiger partial charge in [0, 0.05) is 39.7 Å². The lowest BCUT2D eigenvalue weighted by molar-refractivity contribution is -0.174. The molecule has 0 unspecified atom stereocenters. The van der Waals surface area contributed by atoms with E-state index < -0.39 is 12.1 Å². The van der Waals surface area contributed by atoms with Crippen LogP contribution < -0.4 is 5.32 Å². The number of aromatic nitrogens is 2. The first kappa shape index (κ1) is 19.4. The SMILES string of the molecule is CNC(=O)c1cnc2n1CCN(C(=O)/C=C/[C@H]1COCCN1C(C)(F)F)C2. The highest BCUT2D eigenvalue weighted by Gasteiger charge is 2.37. The van der Waals surface area contributed by atoms with Crippen molar-refractivity contribution in [1.82, 2.24) is 24.7 Å². The lowest BCUT2D eigenvalue weighted by Crippen LogP contribution is -2.52. The van der Waals surface area contributed by atoms with E-state index in [4.69, 9.17) is 4.74 Å². The number of rotatable bonds is 4. The van der Waals surface area contributed by atoms with E-state index in [0.717, 1.165) is 11.8 Å². The smallest absolute Gasteiger partial charge is 0.302 e. The molecule has 0 bridgehead atoms. The Kier molecular flexibility index (Phi) is 5.56. The Morgan fingerprint density at radius 2 is 2.15 bits per heavy atom. The molecule has 2 aliphatic rings. The summed E-state index contributed by atoms with van der Waals surface area (Å²) in [6.07, 6.45) is 4.27. The third-order valence-electron chi connectivity index (χ3n) is 4.77. The number of hydrogen-bond donors (Lipinski definition) is 1. The van der Waals surface area contributed by atoms with Crippen molar-refractivity contribution in [3.05, 3.63) is 29.9 Å². The number of ether oxygens (including phenoxy) is 1. The zero-order chi connectivity index (χ0) is 19.6. The van der Waals surface area contributed by atoms with Crippen LogP contribution in [-0.2, 0) is 22.6 Å². The summed E-state index contributed by atoms with van der Waals surface area (Å²) in [5.41, 5.74) is 0.454. The summed E-state index contributed by atoms with van der Waals surface area (Å²) in [7, 11) is 1.55. The van der Waals surface area contributed by atoms with E-state index in [9.17, 15) is 18.4 Å². The summed E-state index contributed by atoms with van der Waals surface area (Å²) in [6, 6.07) is -3.64. The molecular weight excluding hydrogens is 360 g/mol. The molecule has 1 atom stereocenters. The topological polar surface area (TPSA) is 79.7 Å². The molecule has 0 spiro atoms. The first-order valence-corrected chi connectivity index (χ1v) is 8.77. The average Bonchev–Trinajstić information content (AvgIpc) is 3.08. The number of amides is 2. The minimum atomic E-state index is -2.98. The Labute approximate surface area is 155 Å². The summed E-state index contributed by atoms with van der Waals surface area (Å²) in [6.45, 7) is 2.42. The van der Waals surface area contributed by atoms with E-state index in [-0.39, 0.29) is 38.1 Å². The van der Waals surface area contributed by atoms with Crippen LogP contribution in [-0.4, -0.2) is 76.6 Å². The maximum Gasteiger partial charge on any atom is 0.302 e. The Morgan fingerprint density at radius 1 is 1.37 bits per heavy atom. The zero-order valence-electron chi connectivity index (χ0n) is 15.3. The number of imidazole rings is 1. The molecule has 1 aromatic heterocycles. The number of carbonyl (C=O) groups is 2. The molecule has 0 saturated carbocycles. The van der Waals surface area contributed by atoms with Crippen LogP contribution >= 0.6 is 0 Å². The molecule has 1 aromatic rings. The fraction of sp³-hybridized carbons (Fsp3) is 0.588. The third kappa shape index (κ3) is 4.16. The third-order valence-corrected chi connectivity index (χ3v) is 4.77. The molecule has 3 rings (SSSR count). The van der Waals surface area contributed by atoms with Gasteiger partial charge in [0.1, 0.15) is 11.5 Å². The van der Waals surface area contributed by atoms with Crippen LogP contribution in [0.25, 0.3) is 0 Å². The van der Waals surface area contributed by atoms with Gasteiger partial charge in [0.05, 0.1) is 32.0 Å². The van der Waals surface area contributed by atoms with Crippen LogP contribution in [0.15, 0.2) is 18.3 Å². The van der Waals surface area contributed by atoms with Crippen molar-refractivity contribution in [2.45, 2.75) is 32.1 Å². The van der Waals surface area contributed by atoms with E-state index in [1.165, 1.54) is 18.3 Å². The molecule has 1 fully saturated rings. The second-order valence-electron chi connectivity index (χ2n) is 6.59. The molecule has 0 aromatic carbocycles. The van der Waals surface area contributed by atoms with Gasteiger partial charge in [-0.05, 0) is 0 Å². The predicted molar refractivity (Wildman–Crippen MR) is 92.1 cm³/mol. The fourth-order valence-corrected chi connectivity index (χ4v) is 3.33. The van der Waals surface area contributed by atoms with Crippen molar-refractivity contribution in [1.29, 1.82) is 0 Å². The van der Waals surface area contributed by atoms with E-state index in [1.807, 2.05) is 0 Å². The molecule has 8 nitrogen and oxygen atoms in total. The molecule has 1 saturated heterocycles. The van der Waals surface area contributed by atoms with Gasteiger partial charge in [-0.25, -0.2) is 9.88 Å². The van der Waals surface area contributed by atoms with Crippen molar-refractivity contribution in [3.63, 3.8) is 0 Å². The second kappa shape index (κ2) is 7.73. The van der Waals surface area contributed by atoms with E-state index in [0.29, 0.717) is 24.6 Å². The highest BCUT2D eigenvalue weighted by molar-refractivity contribution is 5.92. The number of halogens is 2. The summed E-state index contributed by atoms with van der Waals surface area (Å²) in [5.74, 6) is 0.103. The van der Waals surface area contributed by atoms with Crippen LogP contribution in [0.5, 0.6) is 0 Å². The highest BCUT2D eigenvalue weighted by atomic mass is 19.3. The molecule has 0 aliphatic carbocycles. The van der Waals surface area contributed by atoms with E-state index >= 15 is 0 Å². The van der Waals surface area contributed by atoms with Crippen LogP contribution in [0.2, 0.25) is 0 Å². The summed E-state index contributed by atoms with van der Waals surface area (Å²) >= 11 is 0. The van der Waals surface area contributed by atoms with E-state index in [2.05, 4.69) is 10.3 Å². The van der Waals surface area contributed by atoms with Crippen LogP contribution in [0.4, 0.5) is 8.78 Å². The van der Waals surface area contributed by atoms with E-state index in [1.54, 1.807) is 16.5 Å². The minimum Gasteiger partial charge on any atom is -0.378 e. The first-order valence-electron chi connectivity index (χ1n) is 8.77. The van der Waals surface area contributed by atoms with Crippen molar-refractivity contribution in [2.75, 3.05) is 33.4 Å². The molecular formula is C17H23F2N5O3. The van der Waals surface area contributed by atoms with Gasteiger partial charge in [-0.2, -0.15) is 8.78 Å². The van der Waals surface area contributed by atoms with Crippen molar-refractivity contribution in [3.8, 4) is 0 Å². The maximum absolute atomic E-state index is 13.7. The summed E-state index contributed by atoms with van der Waals surface area (Å²) in [5, 5.41) is 2.56. The standard InChI is InChI=1S/C17H23F2N5O3/c1-17(18,19)24-7-8-27-11-12(24)3-4-15(25)22-5-6-23-13(16(26)20-2)9-21-14(23)10-22/h3-4,9,12H,5-8,10-11H2,1-2H3,(H,20,26)/b4-3+/t12-/m0/s1. The molecule has 1 N–H and O–H groups in total. The fourth-order valence-electron chi connectivity index (χ4n) is 3.33. The quantitative estimate of drug-likeness (QED) is 0.604. The lowest BCUT2D eigenvalue weighted by Gasteiger charge is -2.37. The number of nitrogens with one attached hydrogen (secondary N) is 1. The number of carbonyl (C=O) groups excluding carboxylic acids is 2. The molecule has 148 valence electrons. The van der Waals surface area contributed by atoms with Crippen LogP contribution in [0.1, 0.15) is 23.2 Å². The normalized spacial score (nSPS) is 21.3. The molecule has 10 heteroatoms. The number of fused-ring (bicyclic) bond motifs is 1. The summed E-state index contributed by atoms with van der Waals surface area (Å²) in [4.78, 5) is 31.1. The van der Waals surface area contributed by atoms with Crippen LogP contribution in [0, 0.1) is 0 Å². The minimum absolute atomic E-state index is 0.107. The van der Waals surface area contributed by atoms with Crippen molar-refractivity contribution < 1.29 is 23.1 Å². The van der Waals surface area contributed by atoms with Crippen molar-refractivity contribution in [2.24, 2.45) is 0 Å². The number of alkyl halides is 2. The monoisotopic (exact) mass is 383 g/mol. The van der Waals surface area contributed by atoms with Gasteiger partial charge < -0.3 is 19.5 Å². The van der Waals surface area contributed by atoms with Gasteiger partial charge in [-0.3, -0.25) is 9.59 Å². The van der Waals surface area contributed by atoms with Gasteiger partial charge in [-0.15, -0.1) is 0 Å². The number of hydrogen-bond acceptors (Lipinski definition) is 5. The van der Waals surface area contributed by atoms with Crippen LogP contribution in [0.3, 0.4) is 0 Å². The molecule has 2 aliphatic heterocycles. The summed E-state index contributed by atoms with van der Waals surface area (Å²) < 4.78 is 34.4. The second-order valence-corrected chi connectivity index (χ2v) is 6.59. The Morgan fingerprint density at radius 3 is 2.85 bits per heavy atom. The molecule has 2 amide bonds. The number of morpholine rings is 1. The first-order chi connectivity index (χ1) is 12.8. The predicted octanol–water partition coefficient (Wildman–Crippen LogP) is 0.455. The van der Waals surface area contributed by atoms with Gasteiger partial charge in [0.25, 0.3) is 5.91 Å². The molecule has 27 heavy (non-hydrogen) atoms. The van der Waals surface area contributed by atoms with Gasteiger partial charge >= 0.3 is 6.05 Å². The Hall–Kier alpha value is -2.33. The lowest BCUT2D eigenvalue weighted by atomic mass is 10.2. The van der Waals surface area contributed by atoms with Gasteiger partial charge in [0.2, 0.25) is 5.91 Å². The Bertz CT molecular complexity index is 743. The van der Waals surface area contributed by atoms with Crippen molar-refractivity contribution >= 4 is 11.8 Å². The van der Waals surface area contributed by atoms with Gasteiger partial charge in [-0.1, -0.05) is 6.08 Å². The molecule has 3 heterocycles. The molecule has 0 radical (unpaired) electrons. The maximum atomic E-state index is 13.7. The Balaban J connectivity index is 1.66. The number of nitrogens with zero attached hydrogens (tertiary/aromatic N) is 4. The highest BCUT2D eigenvalue weighted by Crippen LogP contribution is 2.24.